The van der Waals surface area contributed by atoms with Gasteiger partial charge in [0, 0.05) is 24.4 Å². The summed E-state index contributed by atoms with van der Waals surface area (Å²) in [7, 11) is 1.38. The van der Waals surface area contributed by atoms with Crippen LogP contribution in [-0.4, -0.2) is 31.4 Å². The number of methoxy groups -OCH3 is 1. The number of carbonyl (C=O) groups is 3. The fourth-order valence-corrected chi connectivity index (χ4v) is 3.79. The first-order valence-corrected chi connectivity index (χ1v) is 11.6. The highest BCUT2D eigenvalue weighted by Gasteiger charge is 2.22. The number of Topliss-reactive ketones (excluding diaryl/α,β-unsaturated/α-hetero) is 1. The minimum Gasteiger partial charge on any atom is -0.469 e. The van der Waals surface area contributed by atoms with Crippen molar-refractivity contribution >= 4 is 23.4 Å². The molecule has 0 heterocycles. The Morgan fingerprint density at radius 1 is 0.879 bits per heavy atom. The molecule has 2 N–H and O–H groups in total. The SMILES string of the molecule is CCOC(=O)C[C@@H](Cc1ccc(-c2cccc(N)c2)cc1)C(=O)CCCCCCC(=O)OC. The Morgan fingerprint density at radius 2 is 1.58 bits per heavy atom. The number of carbonyl (C=O) groups excluding carboxylic acids is 3. The van der Waals surface area contributed by atoms with Crippen molar-refractivity contribution in [2.45, 2.75) is 58.3 Å². The van der Waals surface area contributed by atoms with Crippen molar-refractivity contribution in [1.82, 2.24) is 0 Å². The molecular formula is C27H35NO5. The van der Waals surface area contributed by atoms with Crippen LogP contribution in [0.5, 0.6) is 0 Å². The number of ketones is 1. The molecule has 2 rings (SSSR count). The van der Waals surface area contributed by atoms with Gasteiger partial charge in [-0.3, -0.25) is 14.4 Å². The molecule has 33 heavy (non-hydrogen) atoms. The van der Waals surface area contributed by atoms with E-state index in [2.05, 4.69) is 4.74 Å². The molecule has 0 amide bonds. The molecule has 1 atom stereocenters. The lowest BCUT2D eigenvalue weighted by atomic mass is 9.89. The normalized spacial score (nSPS) is 11.6. The van der Waals surface area contributed by atoms with Crippen LogP contribution in [-0.2, 0) is 30.3 Å². The average molecular weight is 454 g/mol. The number of nitrogens with two attached hydrogens (primary N) is 1. The van der Waals surface area contributed by atoms with Gasteiger partial charge >= 0.3 is 11.9 Å². The molecule has 0 unspecified atom stereocenters. The van der Waals surface area contributed by atoms with Crippen molar-refractivity contribution in [1.29, 1.82) is 0 Å². The number of rotatable bonds is 14. The fraction of sp³-hybridized carbons (Fsp3) is 0.444. The lowest BCUT2D eigenvalue weighted by Gasteiger charge is -2.16. The zero-order valence-electron chi connectivity index (χ0n) is 19.7. The Morgan fingerprint density at radius 3 is 2.21 bits per heavy atom. The molecule has 0 bridgehead atoms. The summed E-state index contributed by atoms with van der Waals surface area (Å²) in [6.45, 7) is 2.06. The quantitative estimate of drug-likeness (QED) is 0.242. The van der Waals surface area contributed by atoms with Crippen LogP contribution in [0.3, 0.4) is 0 Å². The number of nitrogen functional groups attached to an aromatic ring is 1. The minimum atomic E-state index is -0.405. The molecule has 0 fully saturated rings. The molecule has 0 radical (unpaired) electrons. The van der Waals surface area contributed by atoms with Gasteiger partial charge in [0.2, 0.25) is 0 Å². The summed E-state index contributed by atoms with van der Waals surface area (Å²) in [6, 6.07) is 15.7. The van der Waals surface area contributed by atoms with Crippen LogP contribution in [0.4, 0.5) is 5.69 Å². The second-order valence-corrected chi connectivity index (χ2v) is 8.19. The predicted molar refractivity (Wildman–Crippen MR) is 129 cm³/mol. The van der Waals surface area contributed by atoms with Crippen LogP contribution >= 0.6 is 0 Å². The Bertz CT molecular complexity index is 907. The Labute approximate surface area is 196 Å². The van der Waals surface area contributed by atoms with E-state index in [4.69, 9.17) is 10.5 Å². The van der Waals surface area contributed by atoms with Crippen molar-refractivity contribution in [2.75, 3.05) is 19.5 Å². The van der Waals surface area contributed by atoms with Crippen LogP contribution in [0.1, 0.15) is 57.4 Å². The first-order valence-electron chi connectivity index (χ1n) is 11.6. The summed E-state index contributed by atoms with van der Waals surface area (Å²) in [5.74, 6) is -0.874. The van der Waals surface area contributed by atoms with E-state index in [9.17, 15) is 14.4 Å². The van der Waals surface area contributed by atoms with E-state index >= 15 is 0 Å². The maximum absolute atomic E-state index is 12.9. The van der Waals surface area contributed by atoms with Crippen LogP contribution in [0.25, 0.3) is 11.1 Å². The summed E-state index contributed by atoms with van der Waals surface area (Å²) in [5, 5.41) is 0. The van der Waals surface area contributed by atoms with E-state index in [0.717, 1.165) is 42.4 Å². The van der Waals surface area contributed by atoms with Crippen LogP contribution in [0.2, 0.25) is 0 Å². The molecule has 6 nitrogen and oxygen atoms in total. The van der Waals surface area contributed by atoms with E-state index in [1.165, 1.54) is 7.11 Å². The Kier molecular flexibility index (Phi) is 11.1. The lowest BCUT2D eigenvalue weighted by molar-refractivity contribution is -0.146. The van der Waals surface area contributed by atoms with Gasteiger partial charge in [-0.05, 0) is 55.0 Å². The van der Waals surface area contributed by atoms with Gasteiger partial charge in [-0.1, -0.05) is 49.2 Å². The second kappa shape index (κ2) is 14.1. The number of hydrogen-bond acceptors (Lipinski definition) is 6. The van der Waals surface area contributed by atoms with Gasteiger partial charge in [0.05, 0.1) is 20.1 Å². The van der Waals surface area contributed by atoms with Crippen molar-refractivity contribution in [2.24, 2.45) is 5.92 Å². The number of hydrogen-bond donors (Lipinski definition) is 1. The van der Waals surface area contributed by atoms with Crippen molar-refractivity contribution in [3.8, 4) is 11.1 Å². The standard InChI is InChI=1S/C27H35NO5/c1-3-33-27(31)19-23(25(29)11-6-4-5-7-12-26(30)32-2)17-20-13-15-21(16-14-20)22-9-8-10-24(28)18-22/h8-10,13-16,18,23H,3-7,11-12,17,19,28H2,1-2H3/t23-/m1/s1. The van der Waals surface area contributed by atoms with E-state index in [0.29, 0.717) is 31.6 Å². The molecule has 0 aromatic heterocycles. The van der Waals surface area contributed by atoms with Gasteiger partial charge in [0.25, 0.3) is 0 Å². The summed E-state index contributed by atoms with van der Waals surface area (Å²) in [5.41, 5.74) is 9.68. The van der Waals surface area contributed by atoms with Crippen LogP contribution in [0.15, 0.2) is 48.5 Å². The summed E-state index contributed by atoms with van der Waals surface area (Å²) < 4.78 is 9.73. The maximum Gasteiger partial charge on any atom is 0.306 e. The molecule has 0 saturated carbocycles. The first kappa shape index (κ1) is 26.1. The second-order valence-electron chi connectivity index (χ2n) is 8.19. The van der Waals surface area contributed by atoms with Gasteiger partial charge in [0.15, 0.2) is 0 Å². The largest absolute Gasteiger partial charge is 0.469 e. The van der Waals surface area contributed by atoms with Gasteiger partial charge in [-0.2, -0.15) is 0 Å². The van der Waals surface area contributed by atoms with Crippen molar-refractivity contribution in [3.63, 3.8) is 0 Å². The number of anilines is 1. The highest BCUT2D eigenvalue weighted by Crippen LogP contribution is 2.24. The van der Waals surface area contributed by atoms with E-state index in [1.54, 1.807) is 6.92 Å². The topological polar surface area (TPSA) is 95.7 Å². The molecule has 6 heteroatoms. The van der Waals surface area contributed by atoms with E-state index in [1.807, 2.05) is 48.5 Å². The Hall–Kier alpha value is -3.15. The molecule has 0 saturated heterocycles. The molecule has 2 aromatic rings. The molecule has 0 aliphatic rings. The zero-order chi connectivity index (χ0) is 24.1. The number of esters is 2. The third-order valence-electron chi connectivity index (χ3n) is 5.61. The third-order valence-corrected chi connectivity index (χ3v) is 5.61. The smallest absolute Gasteiger partial charge is 0.306 e. The molecule has 0 aliphatic heterocycles. The number of benzene rings is 2. The summed E-state index contributed by atoms with van der Waals surface area (Å²) in [4.78, 5) is 36.2. The summed E-state index contributed by atoms with van der Waals surface area (Å²) >= 11 is 0. The monoisotopic (exact) mass is 453 g/mol. The Balaban J connectivity index is 1.94. The first-order chi connectivity index (χ1) is 15.9. The molecular weight excluding hydrogens is 418 g/mol. The highest BCUT2D eigenvalue weighted by molar-refractivity contribution is 5.85. The van der Waals surface area contributed by atoms with E-state index < -0.39 is 5.92 Å². The third kappa shape index (κ3) is 9.48. The highest BCUT2D eigenvalue weighted by atomic mass is 16.5. The van der Waals surface area contributed by atoms with Gasteiger partial charge in [0.1, 0.15) is 5.78 Å². The predicted octanol–water partition coefficient (Wildman–Crippen LogP) is 5.13. The molecule has 178 valence electrons. The van der Waals surface area contributed by atoms with Crippen molar-refractivity contribution in [3.05, 3.63) is 54.1 Å². The average Bonchev–Trinajstić information content (AvgIpc) is 2.81. The van der Waals surface area contributed by atoms with Gasteiger partial charge in [-0.25, -0.2) is 0 Å². The van der Waals surface area contributed by atoms with Gasteiger partial charge in [-0.15, -0.1) is 0 Å². The van der Waals surface area contributed by atoms with Crippen LogP contribution < -0.4 is 5.73 Å². The molecule has 0 spiro atoms. The van der Waals surface area contributed by atoms with E-state index in [-0.39, 0.29) is 24.1 Å². The fourth-order valence-electron chi connectivity index (χ4n) is 3.79. The summed E-state index contributed by atoms with van der Waals surface area (Å²) in [6.07, 6.45) is 4.65. The number of ether oxygens (including phenoxy) is 2. The maximum atomic E-state index is 12.9. The minimum absolute atomic E-state index is 0.0796. The molecule has 2 aromatic carbocycles. The zero-order valence-corrected chi connectivity index (χ0v) is 19.7. The van der Waals surface area contributed by atoms with Crippen LogP contribution in [0, 0.1) is 5.92 Å². The van der Waals surface area contributed by atoms with Gasteiger partial charge < -0.3 is 15.2 Å². The van der Waals surface area contributed by atoms with Crippen molar-refractivity contribution < 1.29 is 23.9 Å². The number of unbranched alkanes of at least 4 members (excludes halogenated alkanes) is 3. The lowest BCUT2D eigenvalue weighted by Crippen LogP contribution is -2.22. The molecule has 0 aliphatic carbocycles.